The average Bonchev–Trinajstić information content (AvgIpc) is 3.60. The number of benzene rings is 1. The van der Waals surface area contributed by atoms with E-state index in [4.69, 9.17) is 23.3 Å². The lowest BCUT2D eigenvalue weighted by Gasteiger charge is -2.29. The second-order valence-electron chi connectivity index (χ2n) is 9.53. The first-order chi connectivity index (χ1) is 19.6. The molecule has 5 rings (SSSR count). The van der Waals surface area contributed by atoms with E-state index in [2.05, 4.69) is 30.3 Å². The molecular weight excluding hydrogens is 555 g/mol. The van der Waals surface area contributed by atoms with Crippen LogP contribution < -0.4 is 5.32 Å². The normalized spacial score (nSPS) is 25.3. The number of ether oxygens (including phenoxy) is 3. The van der Waals surface area contributed by atoms with Crippen molar-refractivity contribution in [2.24, 2.45) is 5.11 Å². The maximum Gasteiger partial charge on any atom is 0.353 e. The second kappa shape index (κ2) is 11.3. The second-order valence-corrected chi connectivity index (χ2v) is 11.4. The van der Waals surface area contributed by atoms with Gasteiger partial charge in [-0.15, -0.1) is 0 Å². The van der Waals surface area contributed by atoms with Crippen molar-refractivity contribution in [1.82, 2.24) is 19.5 Å². The number of imidazole rings is 1. The van der Waals surface area contributed by atoms with Crippen LogP contribution >= 0.6 is 7.60 Å². The van der Waals surface area contributed by atoms with Crippen molar-refractivity contribution >= 4 is 30.5 Å². The summed E-state index contributed by atoms with van der Waals surface area (Å²) in [6, 6.07) is 8.67. The topological polar surface area (TPSA) is 185 Å². The van der Waals surface area contributed by atoms with Crippen LogP contribution in [0.4, 0.5) is 5.82 Å². The number of azide groups is 1. The van der Waals surface area contributed by atoms with Crippen molar-refractivity contribution in [3.05, 3.63) is 70.9 Å². The fourth-order valence-corrected chi connectivity index (χ4v) is 6.12. The number of hydrogen-bond donors (Lipinski definition) is 1. The third kappa shape index (κ3) is 5.61. The zero-order valence-corrected chi connectivity index (χ0v) is 23.7. The zero-order valence-electron chi connectivity index (χ0n) is 22.8. The molecule has 16 heteroatoms. The van der Waals surface area contributed by atoms with E-state index in [9.17, 15) is 14.9 Å². The highest BCUT2D eigenvalue weighted by atomic mass is 31.2. The molecule has 1 N–H and O–H groups in total. The van der Waals surface area contributed by atoms with Crippen LogP contribution in [0.2, 0.25) is 0 Å². The van der Waals surface area contributed by atoms with Gasteiger partial charge in [-0.1, -0.05) is 23.3 Å². The number of amides is 1. The van der Waals surface area contributed by atoms with Crippen LogP contribution in [-0.2, 0) is 27.8 Å². The molecule has 216 valence electrons. The molecule has 0 radical (unpaired) electrons. The van der Waals surface area contributed by atoms with Gasteiger partial charge in [0, 0.05) is 16.3 Å². The van der Waals surface area contributed by atoms with Crippen LogP contribution in [0.1, 0.15) is 44.3 Å². The minimum Gasteiger partial charge on any atom is -0.341 e. The Morgan fingerprint density at radius 3 is 2.59 bits per heavy atom. The first-order valence-corrected chi connectivity index (χ1v) is 14.5. The van der Waals surface area contributed by atoms with Gasteiger partial charge in [0.25, 0.3) is 5.91 Å². The zero-order chi connectivity index (χ0) is 29.3. The number of fused-ring (bicyclic) bond motifs is 2. The standard InChI is InChI=1S/C25H29N8O7P/c1-5-36-41(35,37-6-2)13-12-25(31-32-26)19-18(38-24(3,4)39-19)23(40-25)33-15-29-17-20(27-14-28-21(17)33)30-22(34)16-10-8-7-9-11-16/h7-15,18-19,23H,5-6H2,1-4H3,(H,27,28,30,34)/t18-,19+,23-,25-/m1/s1. The highest BCUT2D eigenvalue weighted by molar-refractivity contribution is 7.57. The van der Waals surface area contributed by atoms with Crippen molar-refractivity contribution in [3.8, 4) is 0 Å². The third-order valence-corrected chi connectivity index (χ3v) is 8.09. The van der Waals surface area contributed by atoms with E-state index in [0.717, 1.165) is 0 Å². The van der Waals surface area contributed by atoms with Gasteiger partial charge < -0.3 is 28.6 Å². The first-order valence-electron chi connectivity index (χ1n) is 12.9. The Hall–Kier alpha value is -3.68. The Morgan fingerprint density at radius 1 is 1.17 bits per heavy atom. The van der Waals surface area contributed by atoms with Crippen LogP contribution in [0, 0.1) is 0 Å². The van der Waals surface area contributed by atoms with Gasteiger partial charge in [0.05, 0.1) is 19.5 Å². The van der Waals surface area contributed by atoms with Gasteiger partial charge in [-0.25, -0.2) is 15.0 Å². The summed E-state index contributed by atoms with van der Waals surface area (Å²) in [6.45, 7) is 7.04. The van der Waals surface area contributed by atoms with Crippen molar-refractivity contribution in [2.45, 2.75) is 57.6 Å². The summed E-state index contributed by atoms with van der Waals surface area (Å²) in [5, 5.41) is 6.69. The maximum atomic E-state index is 13.2. The Bertz CT molecular complexity index is 1550. The first kappa shape index (κ1) is 28.8. The predicted molar refractivity (Wildman–Crippen MR) is 146 cm³/mol. The molecular formula is C25H29N8O7P. The molecule has 2 saturated heterocycles. The molecule has 3 aromatic rings. The molecule has 41 heavy (non-hydrogen) atoms. The SMILES string of the molecule is CCOP(=O)(C=C[C@@]1(N=[N+]=[N-])O[C@@H](n2cnc3c(NC(=O)c4ccccc4)ncnc32)[C@@H]2OC(C)(C)O[C@@H]21)OCC. The molecule has 2 aliphatic heterocycles. The number of rotatable bonds is 10. The average molecular weight is 585 g/mol. The van der Waals surface area contributed by atoms with Gasteiger partial charge in [-0.05, 0) is 51.4 Å². The Balaban J connectivity index is 1.54. The van der Waals surface area contributed by atoms with E-state index in [-0.39, 0.29) is 24.9 Å². The number of aromatic nitrogens is 4. The summed E-state index contributed by atoms with van der Waals surface area (Å²) < 4.78 is 44.1. The van der Waals surface area contributed by atoms with Gasteiger partial charge in [-0.2, -0.15) is 0 Å². The van der Waals surface area contributed by atoms with E-state index in [1.807, 2.05) is 6.07 Å². The smallest absolute Gasteiger partial charge is 0.341 e. The van der Waals surface area contributed by atoms with Gasteiger partial charge in [0.1, 0.15) is 18.5 Å². The lowest BCUT2D eigenvalue weighted by Crippen LogP contribution is -2.39. The fraction of sp³-hybridized carbons (Fsp3) is 0.440. The van der Waals surface area contributed by atoms with Crippen molar-refractivity contribution in [1.29, 1.82) is 0 Å². The van der Waals surface area contributed by atoms with Gasteiger partial charge >= 0.3 is 7.60 Å². The molecule has 0 spiro atoms. The number of anilines is 1. The van der Waals surface area contributed by atoms with Crippen molar-refractivity contribution in [3.63, 3.8) is 0 Å². The number of hydrogen-bond acceptors (Lipinski definition) is 11. The van der Waals surface area contributed by atoms with E-state index >= 15 is 0 Å². The highest BCUT2D eigenvalue weighted by Gasteiger charge is 2.63. The Labute approximate surface area is 235 Å². The molecule has 0 aliphatic carbocycles. The molecule has 2 aliphatic rings. The Morgan fingerprint density at radius 2 is 1.90 bits per heavy atom. The lowest BCUT2D eigenvalue weighted by molar-refractivity contribution is -0.209. The Kier molecular flexibility index (Phi) is 7.95. The summed E-state index contributed by atoms with van der Waals surface area (Å²) in [5.74, 6) is -0.0527. The monoisotopic (exact) mass is 584 g/mol. The quantitative estimate of drug-likeness (QED) is 0.148. The summed E-state index contributed by atoms with van der Waals surface area (Å²) in [4.78, 5) is 28.8. The van der Waals surface area contributed by atoms with Crippen molar-refractivity contribution < 1.29 is 32.6 Å². The van der Waals surface area contributed by atoms with Gasteiger partial charge in [0.15, 0.2) is 34.7 Å². The number of nitrogens with one attached hydrogen (secondary N) is 1. The van der Waals surface area contributed by atoms with Gasteiger partial charge in [0.2, 0.25) is 0 Å². The molecule has 4 atom stereocenters. The fourth-order valence-electron chi connectivity index (χ4n) is 4.76. The summed E-state index contributed by atoms with van der Waals surface area (Å²) >= 11 is 0. The predicted octanol–water partition coefficient (Wildman–Crippen LogP) is 4.91. The molecule has 4 heterocycles. The molecule has 0 unspecified atom stereocenters. The molecule has 15 nitrogen and oxygen atoms in total. The van der Waals surface area contributed by atoms with E-state index in [1.54, 1.807) is 56.5 Å². The highest BCUT2D eigenvalue weighted by Crippen LogP contribution is 2.54. The summed E-state index contributed by atoms with van der Waals surface area (Å²) in [5.41, 5.74) is 8.78. The third-order valence-electron chi connectivity index (χ3n) is 6.34. The molecule has 2 aromatic heterocycles. The van der Waals surface area contributed by atoms with E-state index < -0.39 is 37.5 Å². The molecule has 0 bridgehead atoms. The van der Waals surface area contributed by atoms with E-state index in [1.165, 1.54) is 24.5 Å². The van der Waals surface area contributed by atoms with Crippen LogP contribution in [0.15, 0.2) is 60.0 Å². The van der Waals surface area contributed by atoms with E-state index in [0.29, 0.717) is 16.7 Å². The van der Waals surface area contributed by atoms with Crippen LogP contribution in [0.25, 0.3) is 21.6 Å². The summed E-state index contributed by atoms with van der Waals surface area (Å²) in [7, 11) is -3.69. The number of carbonyl (C=O) groups excluding carboxylic acids is 1. The summed E-state index contributed by atoms with van der Waals surface area (Å²) in [6.07, 6.45) is 1.32. The minimum atomic E-state index is -3.69. The van der Waals surface area contributed by atoms with Crippen LogP contribution in [-0.4, -0.2) is 62.4 Å². The molecule has 0 saturated carbocycles. The molecule has 1 aromatic carbocycles. The molecule has 2 fully saturated rings. The maximum absolute atomic E-state index is 13.2. The largest absolute Gasteiger partial charge is 0.353 e. The van der Waals surface area contributed by atoms with Crippen molar-refractivity contribution in [2.75, 3.05) is 18.5 Å². The number of carbonyl (C=O) groups is 1. The minimum absolute atomic E-state index is 0.127. The van der Waals surface area contributed by atoms with Crippen LogP contribution in [0.5, 0.6) is 0 Å². The number of nitrogens with zero attached hydrogens (tertiary/aromatic N) is 7. The lowest BCUT2D eigenvalue weighted by atomic mass is 10.1. The van der Waals surface area contributed by atoms with Crippen LogP contribution in [0.3, 0.4) is 0 Å². The molecule has 1 amide bonds. The van der Waals surface area contributed by atoms with Gasteiger partial charge in [-0.3, -0.25) is 13.9 Å².